The van der Waals surface area contributed by atoms with Gasteiger partial charge in [0, 0.05) is 21.7 Å². The van der Waals surface area contributed by atoms with Crippen molar-refractivity contribution in [1.82, 2.24) is 4.98 Å². The Kier molecular flexibility index (Phi) is 4.61. The normalized spacial score (nSPS) is 10.8. The maximum atomic E-state index is 5.83. The molecule has 5 heteroatoms. The topological polar surface area (TPSA) is 34.5 Å². The first-order valence-corrected chi connectivity index (χ1v) is 6.43. The lowest BCUT2D eigenvalue weighted by molar-refractivity contribution is 0.215. The molecule has 2 aromatic rings. The first-order valence-electron chi connectivity index (χ1n) is 5.24. The molecule has 3 nitrogen and oxygen atoms in total. The minimum atomic E-state index is 0.735. The molecule has 0 unspecified atom stereocenters. The summed E-state index contributed by atoms with van der Waals surface area (Å²) < 4.78 is 0. The monoisotopic (exact) mass is 278 g/mol. The molecule has 0 atom stereocenters. The molecule has 92 valence electrons. The molecule has 0 amide bonds. The minimum Gasteiger partial charge on any atom is -0.399 e. The van der Waals surface area contributed by atoms with Crippen LogP contribution < -0.4 is 0 Å². The summed E-state index contributed by atoms with van der Waals surface area (Å²) in [6.45, 7) is 0. The Morgan fingerprint density at radius 3 is 2.61 bits per heavy atom. The molecule has 0 bridgehead atoms. The Morgan fingerprint density at radius 2 is 2.00 bits per heavy atom. The van der Waals surface area contributed by atoms with Crippen molar-refractivity contribution in [2.45, 2.75) is 9.92 Å². The van der Waals surface area contributed by atoms with Crippen LogP contribution in [-0.4, -0.2) is 18.3 Å². The highest BCUT2D eigenvalue weighted by molar-refractivity contribution is 7.99. The van der Waals surface area contributed by atoms with Gasteiger partial charge in [0.15, 0.2) is 0 Å². The molecule has 0 spiro atoms. The fraction of sp³-hybridized carbons (Fsp3) is 0.0769. The van der Waals surface area contributed by atoms with Crippen molar-refractivity contribution in [2.24, 2.45) is 5.16 Å². The zero-order chi connectivity index (χ0) is 12.8. The van der Waals surface area contributed by atoms with Gasteiger partial charge in [-0.15, -0.1) is 0 Å². The molecule has 0 fully saturated rings. The zero-order valence-corrected chi connectivity index (χ0v) is 11.3. The third-order valence-corrected chi connectivity index (χ3v) is 3.31. The van der Waals surface area contributed by atoms with Gasteiger partial charge in [-0.05, 0) is 36.4 Å². The number of hydrogen-bond donors (Lipinski definition) is 0. The van der Waals surface area contributed by atoms with Crippen LogP contribution in [0.1, 0.15) is 5.56 Å². The second kappa shape index (κ2) is 6.42. The van der Waals surface area contributed by atoms with Gasteiger partial charge < -0.3 is 4.84 Å². The molecule has 1 aromatic carbocycles. The standard InChI is InChI=1S/C13H11ClN2OS/c1-17-16-9-10-2-7-13(15-8-10)18-12-5-3-11(14)4-6-12/h2-9H,1H3/b16-9-. The van der Waals surface area contributed by atoms with Gasteiger partial charge in [-0.25, -0.2) is 4.98 Å². The number of nitrogens with zero attached hydrogens (tertiary/aromatic N) is 2. The van der Waals surface area contributed by atoms with Crippen molar-refractivity contribution < 1.29 is 4.84 Å². The number of rotatable bonds is 4. The molecule has 2 rings (SSSR count). The number of oxime groups is 1. The number of pyridine rings is 1. The highest BCUT2D eigenvalue weighted by atomic mass is 35.5. The predicted octanol–water partition coefficient (Wildman–Crippen LogP) is 3.87. The third kappa shape index (κ3) is 3.75. The van der Waals surface area contributed by atoms with Gasteiger partial charge in [0.1, 0.15) is 12.1 Å². The van der Waals surface area contributed by atoms with Crippen LogP contribution in [0.4, 0.5) is 0 Å². The fourth-order valence-electron chi connectivity index (χ4n) is 1.27. The van der Waals surface area contributed by atoms with Gasteiger partial charge in [0.25, 0.3) is 0 Å². The predicted molar refractivity (Wildman–Crippen MR) is 74.4 cm³/mol. The molecule has 0 saturated carbocycles. The van der Waals surface area contributed by atoms with Crippen molar-refractivity contribution in [2.75, 3.05) is 7.11 Å². The second-order valence-corrected chi connectivity index (χ2v) is 4.93. The maximum absolute atomic E-state index is 5.83. The zero-order valence-electron chi connectivity index (χ0n) is 9.71. The molecule has 0 saturated heterocycles. The summed E-state index contributed by atoms with van der Waals surface area (Å²) in [6.07, 6.45) is 3.37. The first kappa shape index (κ1) is 12.9. The fourth-order valence-corrected chi connectivity index (χ4v) is 2.15. The Balaban J connectivity index is 2.06. The van der Waals surface area contributed by atoms with E-state index in [1.54, 1.807) is 24.2 Å². The van der Waals surface area contributed by atoms with Gasteiger partial charge in [-0.3, -0.25) is 0 Å². The minimum absolute atomic E-state index is 0.735. The number of halogens is 1. The third-order valence-electron chi connectivity index (χ3n) is 2.10. The van der Waals surface area contributed by atoms with E-state index in [4.69, 9.17) is 11.6 Å². The van der Waals surface area contributed by atoms with E-state index in [0.29, 0.717) is 0 Å². The Bertz CT molecular complexity index is 526. The molecule has 0 aliphatic carbocycles. The second-order valence-electron chi connectivity index (χ2n) is 3.40. The highest BCUT2D eigenvalue weighted by Gasteiger charge is 1.99. The van der Waals surface area contributed by atoms with Gasteiger partial charge in [0.2, 0.25) is 0 Å². The SMILES string of the molecule is CO/N=C\c1ccc(Sc2ccc(Cl)cc2)nc1. The summed E-state index contributed by atoms with van der Waals surface area (Å²) in [6, 6.07) is 11.5. The molecule has 0 aliphatic rings. The number of hydrogen-bond acceptors (Lipinski definition) is 4. The van der Waals surface area contributed by atoms with Gasteiger partial charge in [-0.1, -0.05) is 28.5 Å². The summed E-state index contributed by atoms with van der Waals surface area (Å²) in [5.74, 6) is 0. The molecule has 1 heterocycles. The lowest BCUT2D eigenvalue weighted by Crippen LogP contribution is -1.85. The summed E-state index contributed by atoms with van der Waals surface area (Å²) >= 11 is 7.42. The molecule has 1 aromatic heterocycles. The summed E-state index contributed by atoms with van der Waals surface area (Å²) in [4.78, 5) is 10.0. The molecule has 0 aliphatic heterocycles. The van der Waals surface area contributed by atoms with Crippen molar-refractivity contribution >= 4 is 29.6 Å². The van der Waals surface area contributed by atoms with Gasteiger partial charge in [-0.2, -0.15) is 0 Å². The van der Waals surface area contributed by atoms with Crippen LogP contribution >= 0.6 is 23.4 Å². The number of benzene rings is 1. The van der Waals surface area contributed by atoms with E-state index in [2.05, 4.69) is 15.0 Å². The van der Waals surface area contributed by atoms with Crippen molar-refractivity contribution in [3.8, 4) is 0 Å². The van der Waals surface area contributed by atoms with Crippen LogP contribution in [-0.2, 0) is 4.84 Å². The van der Waals surface area contributed by atoms with E-state index < -0.39 is 0 Å². The van der Waals surface area contributed by atoms with Crippen LogP contribution in [0.15, 0.2) is 57.7 Å². The van der Waals surface area contributed by atoms with E-state index in [1.807, 2.05) is 36.4 Å². The first-order chi connectivity index (χ1) is 8.78. The lowest BCUT2D eigenvalue weighted by atomic mass is 10.3. The van der Waals surface area contributed by atoms with E-state index in [1.165, 1.54) is 7.11 Å². The van der Waals surface area contributed by atoms with Crippen LogP contribution in [0.3, 0.4) is 0 Å². The van der Waals surface area contributed by atoms with Crippen LogP contribution in [0.25, 0.3) is 0 Å². The highest BCUT2D eigenvalue weighted by Crippen LogP contribution is 2.26. The van der Waals surface area contributed by atoms with Crippen molar-refractivity contribution in [3.05, 3.63) is 53.2 Å². The van der Waals surface area contributed by atoms with E-state index in [9.17, 15) is 0 Å². The van der Waals surface area contributed by atoms with Crippen molar-refractivity contribution in [3.63, 3.8) is 0 Å². The molecule has 0 N–H and O–H groups in total. The summed E-state index contributed by atoms with van der Waals surface area (Å²) in [5.41, 5.74) is 0.900. The van der Waals surface area contributed by atoms with Gasteiger partial charge >= 0.3 is 0 Å². The summed E-state index contributed by atoms with van der Waals surface area (Å²) in [7, 11) is 1.51. The van der Waals surface area contributed by atoms with E-state index in [0.717, 1.165) is 20.5 Å². The Morgan fingerprint density at radius 1 is 1.22 bits per heavy atom. The Hall–Kier alpha value is -1.52. The molecule has 0 radical (unpaired) electrons. The van der Waals surface area contributed by atoms with Crippen LogP contribution in [0.5, 0.6) is 0 Å². The lowest BCUT2D eigenvalue weighted by Gasteiger charge is -2.01. The van der Waals surface area contributed by atoms with Crippen molar-refractivity contribution in [1.29, 1.82) is 0 Å². The molecule has 18 heavy (non-hydrogen) atoms. The quantitative estimate of drug-likeness (QED) is 0.629. The molecular weight excluding hydrogens is 268 g/mol. The number of aromatic nitrogens is 1. The van der Waals surface area contributed by atoms with E-state index >= 15 is 0 Å². The van der Waals surface area contributed by atoms with Crippen LogP contribution in [0, 0.1) is 0 Å². The average Bonchev–Trinajstić information content (AvgIpc) is 2.41. The molecular formula is C13H11ClN2OS. The summed E-state index contributed by atoms with van der Waals surface area (Å²) in [5, 5.41) is 5.34. The maximum Gasteiger partial charge on any atom is 0.106 e. The smallest absolute Gasteiger partial charge is 0.106 e. The van der Waals surface area contributed by atoms with E-state index in [-0.39, 0.29) is 0 Å². The van der Waals surface area contributed by atoms with Gasteiger partial charge in [0.05, 0.1) is 6.21 Å². The largest absolute Gasteiger partial charge is 0.399 e. The average molecular weight is 279 g/mol. The Labute approximate surface area is 115 Å². The van der Waals surface area contributed by atoms with Crippen LogP contribution in [0.2, 0.25) is 5.02 Å².